The van der Waals surface area contributed by atoms with Crippen molar-refractivity contribution < 1.29 is 28.2 Å². The summed E-state index contributed by atoms with van der Waals surface area (Å²) in [7, 11) is 0. The summed E-state index contributed by atoms with van der Waals surface area (Å²) in [6, 6.07) is 6.77. The number of hydrogen-bond donors (Lipinski definition) is 2. The third-order valence-corrected chi connectivity index (χ3v) is 4.47. The van der Waals surface area contributed by atoms with Crippen LogP contribution in [0.15, 0.2) is 48.7 Å². The lowest BCUT2D eigenvalue weighted by atomic mass is 9.97. The summed E-state index contributed by atoms with van der Waals surface area (Å²) in [5.74, 6) is -1.03. The van der Waals surface area contributed by atoms with Crippen molar-refractivity contribution in [2.24, 2.45) is 0 Å². The standard InChI is InChI=1S/C21H20F2N2O4/c1-13-9-17(23)18(12-20(13)29-8-7-26)24-21(28)25-6-5-16(27)11-19(25)14-3-2-4-15(22)10-14/h2-6,9-10,12,19,26H,7-8,11H2,1H3,(H,24,28). The van der Waals surface area contributed by atoms with E-state index in [-0.39, 0.29) is 31.1 Å². The number of aryl methyl sites for hydroxylation is 1. The smallest absolute Gasteiger partial charge is 0.326 e. The number of nitrogens with zero attached hydrogens (tertiary/aromatic N) is 1. The van der Waals surface area contributed by atoms with Crippen molar-refractivity contribution in [3.05, 3.63) is 71.4 Å². The zero-order chi connectivity index (χ0) is 21.0. The van der Waals surface area contributed by atoms with Crippen LogP contribution in [-0.2, 0) is 4.79 Å². The van der Waals surface area contributed by atoms with Crippen LogP contribution in [0.4, 0.5) is 19.3 Å². The minimum Gasteiger partial charge on any atom is -0.491 e. The maximum Gasteiger partial charge on any atom is 0.326 e. The molecule has 152 valence electrons. The fraction of sp³-hybridized carbons (Fsp3) is 0.238. The molecule has 3 rings (SSSR count). The van der Waals surface area contributed by atoms with E-state index in [1.54, 1.807) is 13.0 Å². The van der Waals surface area contributed by atoms with Gasteiger partial charge in [-0.25, -0.2) is 13.6 Å². The number of carbonyl (C=O) groups is 2. The molecule has 2 N–H and O–H groups in total. The number of benzene rings is 2. The highest BCUT2D eigenvalue weighted by Crippen LogP contribution is 2.31. The van der Waals surface area contributed by atoms with Gasteiger partial charge in [0.25, 0.3) is 0 Å². The molecule has 2 aromatic rings. The average Bonchev–Trinajstić information content (AvgIpc) is 2.69. The van der Waals surface area contributed by atoms with E-state index in [1.807, 2.05) is 0 Å². The van der Waals surface area contributed by atoms with Crippen LogP contribution in [0.1, 0.15) is 23.6 Å². The lowest BCUT2D eigenvalue weighted by Crippen LogP contribution is -2.37. The van der Waals surface area contributed by atoms with E-state index in [0.29, 0.717) is 16.9 Å². The predicted molar refractivity (Wildman–Crippen MR) is 102 cm³/mol. The summed E-state index contributed by atoms with van der Waals surface area (Å²) in [6.07, 6.45) is 2.53. The van der Waals surface area contributed by atoms with Crippen LogP contribution in [0.2, 0.25) is 0 Å². The SMILES string of the molecule is Cc1cc(F)c(NC(=O)N2C=CC(=O)CC2c2cccc(F)c2)cc1OCCO. The Morgan fingerprint density at radius 2 is 2.10 bits per heavy atom. The molecule has 0 aliphatic carbocycles. The summed E-state index contributed by atoms with van der Waals surface area (Å²) in [4.78, 5) is 25.9. The second-order valence-electron chi connectivity index (χ2n) is 6.56. The monoisotopic (exact) mass is 402 g/mol. The van der Waals surface area contributed by atoms with Gasteiger partial charge in [-0.15, -0.1) is 0 Å². The number of amides is 2. The number of anilines is 1. The first-order chi connectivity index (χ1) is 13.9. The van der Waals surface area contributed by atoms with Gasteiger partial charge in [-0.2, -0.15) is 0 Å². The van der Waals surface area contributed by atoms with E-state index < -0.39 is 23.7 Å². The van der Waals surface area contributed by atoms with Crippen LogP contribution < -0.4 is 10.1 Å². The maximum absolute atomic E-state index is 14.4. The summed E-state index contributed by atoms with van der Waals surface area (Å²) >= 11 is 0. The van der Waals surface area contributed by atoms with Gasteiger partial charge < -0.3 is 15.2 Å². The molecule has 0 bridgehead atoms. The molecule has 2 amide bonds. The van der Waals surface area contributed by atoms with E-state index >= 15 is 0 Å². The Morgan fingerprint density at radius 1 is 1.31 bits per heavy atom. The Balaban J connectivity index is 1.86. The Morgan fingerprint density at radius 3 is 2.83 bits per heavy atom. The Hall–Kier alpha value is -3.26. The van der Waals surface area contributed by atoms with Crippen molar-refractivity contribution in [3.63, 3.8) is 0 Å². The average molecular weight is 402 g/mol. The normalized spacial score (nSPS) is 16.1. The minimum absolute atomic E-state index is 0.0192. The van der Waals surface area contributed by atoms with Gasteiger partial charge in [0.2, 0.25) is 0 Å². The Labute approximate surface area is 166 Å². The van der Waals surface area contributed by atoms with Crippen molar-refractivity contribution in [2.75, 3.05) is 18.5 Å². The molecule has 1 atom stereocenters. The van der Waals surface area contributed by atoms with Gasteiger partial charge in [-0.1, -0.05) is 12.1 Å². The number of allylic oxidation sites excluding steroid dienone is 1. The van der Waals surface area contributed by atoms with Crippen molar-refractivity contribution in [1.29, 1.82) is 0 Å². The number of nitrogens with one attached hydrogen (secondary N) is 1. The third kappa shape index (κ3) is 4.78. The molecule has 0 radical (unpaired) electrons. The van der Waals surface area contributed by atoms with Crippen molar-refractivity contribution in [1.82, 2.24) is 4.90 Å². The van der Waals surface area contributed by atoms with E-state index in [9.17, 15) is 18.4 Å². The number of hydrogen-bond acceptors (Lipinski definition) is 4. The van der Waals surface area contributed by atoms with E-state index in [4.69, 9.17) is 9.84 Å². The number of aliphatic hydroxyl groups excluding tert-OH is 1. The highest BCUT2D eigenvalue weighted by molar-refractivity contribution is 5.96. The molecular formula is C21H20F2N2O4. The summed E-state index contributed by atoms with van der Waals surface area (Å²) in [5, 5.41) is 11.4. The van der Waals surface area contributed by atoms with Crippen LogP contribution in [-0.4, -0.2) is 35.0 Å². The quantitative estimate of drug-likeness (QED) is 0.799. The number of rotatable bonds is 5. The molecular weight excluding hydrogens is 382 g/mol. The fourth-order valence-corrected chi connectivity index (χ4v) is 3.07. The van der Waals surface area contributed by atoms with Gasteiger partial charge in [0.15, 0.2) is 5.78 Å². The Kier molecular flexibility index (Phi) is 6.23. The van der Waals surface area contributed by atoms with E-state index in [2.05, 4.69) is 5.32 Å². The molecule has 29 heavy (non-hydrogen) atoms. The van der Waals surface area contributed by atoms with Crippen LogP contribution >= 0.6 is 0 Å². The topological polar surface area (TPSA) is 78.9 Å². The number of urea groups is 1. The van der Waals surface area contributed by atoms with Crippen LogP contribution in [0.5, 0.6) is 5.75 Å². The zero-order valence-electron chi connectivity index (χ0n) is 15.7. The van der Waals surface area contributed by atoms with Gasteiger partial charge in [0.1, 0.15) is 24.0 Å². The zero-order valence-corrected chi connectivity index (χ0v) is 15.7. The summed E-state index contributed by atoms with van der Waals surface area (Å²) < 4.78 is 33.3. The number of carbonyl (C=O) groups excluding carboxylic acids is 2. The van der Waals surface area contributed by atoms with Gasteiger partial charge in [0, 0.05) is 18.7 Å². The molecule has 0 saturated heterocycles. The van der Waals surface area contributed by atoms with Gasteiger partial charge in [-0.3, -0.25) is 9.69 Å². The van der Waals surface area contributed by atoms with Crippen LogP contribution in [0.3, 0.4) is 0 Å². The van der Waals surface area contributed by atoms with E-state index in [1.165, 1.54) is 47.5 Å². The first-order valence-electron chi connectivity index (χ1n) is 8.98. The first kappa shape index (κ1) is 20.5. The lowest BCUT2D eigenvalue weighted by Gasteiger charge is -2.31. The van der Waals surface area contributed by atoms with Crippen molar-refractivity contribution >= 4 is 17.5 Å². The first-order valence-corrected chi connectivity index (χ1v) is 8.98. The molecule has 8 heteroatoms. The van der Waals surface area contributed by atoms with Crippen LogP contribution in [0, 0.1) is 18.6 Å². The number of ether oxygens (including phenoxy) is 1. The minimum atomic E-state index is -0.721. The number of ketones is 1. The Bertz CT molecular complexity index is 962. The molecule has 1 aliphatic rings. The molecule has 2 aromatic carbocycles. The van der Waals surface area contributed by atoms with Crippen molar-refractivity contribution in [2.45, 2.75) is 19.4 Å². The molecule has 0 spiro atoms. The predicted octanol–water partition coefficient (Wildman–Crippen LogP) is 3.71. The molecule has 1 unspecified atom stereocenters. The fourth-order valence-electron chi connectivity index (χ4n) is 3.07. The third-order valence-electron chi connectivity index (χ3n) is 4.47. The largest absolute Gasteiger partial charge is 0.491 e. The van der Waals surface area contributed by atoms with Crippen molar-refractivity contribution in [3.8, 4) is 5.75 Å². The van der Waals surface area contributed by atoms with E-state index in [0.717, 1.165) is 0 Å². The summed E-state index contributed by atoms with van der Waals surface area (Å²) in [5.41, 5.74) is 0.848. The number of aliphatic hydroxyl groups is 1. The van der Waals surface area contributed by atoms with Crippen LogP contribution in [0.25, 0.3) is 0 Å². The molecule has 1 heterocycles. The number of halogens is 2. The molecule has 1 aliphatic heterocycles. The van der Waals surface area contributed by atoms with Gasteiger partial charge >= 0.3 is 6.03 Å². The summed E-state index contributed by atoms with van der Waals surface area (Å²) in [6.45, 7) is 1.46. The van der Waals surface area contributed by atoms with Gasteiger partial charge in [-0.05, 0) is 42.3 Å². The molecule has 0 aromatic heterocycles. The van der Waals surface area contributed by atoms with Gasteiger partial charge in [0.05, 0.1) is 18.3 Å². The molecule has 0 fully saturated rings. The molecule has 6 nitrogen and oxygen atoms in total. The highest BCUT2D eigenvalue weighted by atomic mass is 19.1. The lowest BCUT2D eigenvalue weighted by molar-refractivity contribution is -0.116. The second kappa shape index (κ2) is 8.83. The second-order valence-corrected chi connectivity index (χ2v) is 6.56. The highest BCUT2D eigenvalue weighted by Gasteiger charge is 2.29. The molecule has 0 saturated carbocycles. The maximum atomic E-state index is 14.4.